The number of hydrogen-bond acceptors (Lipinski definition) is 6. The summed E-state index contributed by atoms with van der Waals surface area (Å²) in [7, 11) is 1.33. The van der Waals surface area contributed by atoms with E-state index in [2.05, 4.69) is 5.32 Å². The molecule has 0 radical (unpaired) electrons. The van der Waals surface area contributed by atoms with Crippen LogP contribution >= 0.6 is 11.3 Å². The van der Waals surface area contributed by atoms with Crippen LogP contribution in [0, 0.1) is 19.7 Å². The second-order valence-corrected chi connectivity index (χ2v) is 8.72. The Hall–Kier alpha value is -3.45. The summed E-state index contributed by atoms with van der Waals surface area (Å²) in [5.41, 5.74) is 2.67. The van der Waals surface area contributed by atoms with Crippen molar-refractivity contribution in [2.24, 2.45) is 0 Å². The zero-order valence-corrected chi connectivity index (χ0v) is 18.9. The van der Waals surface area contributed by atoms with E-state index in [0.717, 1.165) is 10.4 Å². The summed E-state index contributed by atoms with van der Waals surface area (Å²) in [6.07, 6.45) is 0. The molecule has 0 saturated heterocycles. The maximum Gasteiger partial charge on any atom is 0.339 e. The number of nitrogens with one attached hydrogen (secondary N) is 1. The Kier molecular flexibility index (Phi) is 5.84. The molecule has 0 aliphatic carbocycles. The van der Waals surface area contributed by atoms with Crippen LogP contribution < -0.4 is 10.7 Å². The molecule has 2 aromatic carbocycles. The summed E-state index contributed by atoms with van der Waals surface area (Å²) in [6, 6.07) is 13.0. The van der Waals surface area contributed by atoms with E-state index in [1.807, 2.05) is 19.9 Å². The zero-order chi connectivity index (χ0) is 23.0. The molecule has 0 aliphatic heterocycles. The van der Waals surface area contributed by atoms with Gasteiger partial charge in [0.2, 0.25) is 5.43 Å². The lowest BCUT2D eigenvalue weighted by atomic mass is 10.0. The lowest BCUT2D eigenvalue weighted by molar-refractivity contribution is 0.0602. The Bertz CT molecular complexity index is 1390. The van der Waals surface area contributed by atoms with E-state index in [4.69, 9.17) is 9.15 Å². The number of thiophene rings is 1. The molecular formula is C25H22FNO4S. The van der Waals surface area contributed by atoms with Gasteiger partial charge in [-0.1, -0.05) is 24.3 Å². The lowest BCUT2D eigenvalue weighted by Crippen LogP contribution is -2.12. The van der Waals surface area contributed by atoms with Gasteiger partial charge in [0.1, 0.15) is 16.3 Å². The quantitative estimate of drug-likeness (QED) is 0.364. The van der Waals surface area contributed by atoms with Crippen molar-refractivity contribution >= 4 is 33.3 Å². The van der Waals surface area contributed by atoms with E-state index < -0.39 is 11.8 Å². The second kappa shape index (κ2) is 8.59. The summed E-state index contributed by atoms with van der Waals surface area (Å²) < 4.78 is 26.0. The molecule has 7 heteroatoms. The predicted molar refractivity (Wildman–Crippen MR) is 125 cm³/mol. The third kappa shape index (κ3) is 3.69. The maximum atomic E-state index is 14.5. The van der Waals surface area contributed by atoms with Gasteiger partial charge in [-0.05, 0) is 45.0 Å². The molecule has 0 bridgehead atoms. The Morgan fingerprint density at radius 3 is 2.53 bits per heavy atom. The van der Waals surface area contributed by atoms with Crippen molar-refractivity contribution in [2.75, 3.05) is 12.4 Å². The minimum Gasteiger partial charge on any atom is -0.465 e. The number of hydrogen-bond donors (Lipinski definition) is 1. The molecule has 1 N–H and O–H groups in total. The highest BCUT2D eigenvalue weighted by Gasteiger charge is 2.24. The highest BCUT2D eigenvalue weighted by Crippen LogP contribution is 2.38. The minimum atomic E-state index is -0.454. The first-order valence-electron chi connectivity index (χ1n) is 10.1. The van der Waals surface area contributed by atoms with Gasteiger partial charge < -0.3 is 14.5 Å². The molecule has 164 valence electrons. The maximum absolute atomic E-state index is 14.5. The second-order valence-electron chi connectivity index (χ2n) is 7.50. The van der Waals surface area contributed by atoms with Crippen molar-refractivity contribution < 1.29 is 18.3 Å². The van der Waals surface area contributed by atoms with Gasteiger partial charge in [-0.2, -0.15) is 0 Å². The van der Waals surface area contributed by atoms with E-state index in [9.17, 15) is 14.0 Å². The molecule has 0 spiro atoms. The number of benzene rings is 2. The van der Waals surface area contributed by atoms with Crippen LogP contribution in [-0.2, 0) is 4.74 Å². The fourth-order valence-corrected chi connectivity index (χ4v) is 5.02. The van der Waals surface area contributed by atoms with Crippen LogP contribution in [0.15, 0.2) is 57.7 Å². The first-order chi connectivity index (χ1) is 15.3. The Morgan fingerprint density at radius 2 is 1.81 bits per heavy atom. The smallest absolute Gasteiger partial charge is 0.339 e. The van der Waals surface area contributed by atoms with Crippen LogP contribution in [0.3, 0.4) is 0 Å². The number of aryl methyl sites for hydroxylation is 1. The molecule has 0 aliphatic rings. The fraction of sp³-hybridized carbons (Fsp3) is 0.200. The molecule has 1 atom stereocenters. The van der Waals surface area contributed by atoms with Crippen molar-refractivity contribution in [2.45, 2.75) is 26.8 Å². The van der Waals surface area contributed by atoms with E-state index in [0.29, 0.717) is 27.1 Å². The lowest BCUT2D eigenvalue weighted by Gasteiger charge is -2.18. The number of methoxy groups -OCH3 is 1. The van der Waals surface area contributed by atoms with E-state index in [1.165, 1.54) is 24.5 Å². The predicted octanol–water partition coefficient (Wildman–Crippen LogP) is 6.24. The number of ether oxygens (including phenoxy) is 1. The van der Waals surface area contributed by atoms with Crippen molar-refractivity contribution in [3.8, 4) is 11.3 Å². The largest absolute Gasteiger partial charge is 0.465 e. The number of esters is 1. The highest BCUT2D eigenvalue weighted by molar-refractivity contribution is 7.19. The summed E-state index contributed by atoms with van der Waals surface area (Å²) in [5.74, 6) is -0.678. The van der Waals surface area contributed by atoms with E-state index in [1.54, 1.807) is 43.3 Å². The Labute approximate surface area is 188 Å². The molecule has 4 aromatic rings. The third-order valence-electron chi connectivity index (χ3n) is 5.43. The average Bonchev–Trinajstić information content (AvgIpc) is 3.12. The number of anilines is 1. The van der Waals surface area contributed by atoms with Gasteiger partial charge in [0, 0.05) is 21.7 Å². The number of rotatable bonds is 5. The van der Waals surface area contributed by atoms with Crippen LogP contribution in [0.25, 0.3) is 21.6 Å². The highest BCUT2D eigenvalue weighted by atomic mass is 32.1. The zero-order valence-electron chi connectivity index (χ0n) is 18.1. The SMILES string of the molecule is COC(=O)c1ccccc1NC(C)c1c(C)sc2c(=O)c(C)c(-c3ccccc3F)oc12. The van der Waals surface area contributed by atoms with Gasteiger partial charge in [0.15, 0.2) is 5.58 Å². The summed E-state index contributed by atoms with van der Waals surface area (Å²) in [5, 5.41) is 3.34. The van der Waals surface area contributed by atoms with Crippen molar-refractivity contribution in [1.82, 2.24) is 0 Å². The molecule has 0 amide bonds. The molecular weight excluding hydrogens is 429 g/mol. The van der Waals surface area contributed by atoms with Gasteiger partial charge in [-0.3, -0.25) is 4.79 Å². The van der Waals surface area contributed by atoms with E-state index in [-0.39, 0.29) is 22.8 Å². The molecule has 0 fully saturated rings. The van der Waals surface area contributed by atoms with Gasteiger partial charge in [-0.15, -0.1) is 11.3 Å². The number of para-hydroxylation sites is 1. The molecule has 0 saturated carbocycles. The average molecular weight is 452 g/mol. The van der Waals surface area contributed by atoms with E-state index >= 15 is 0 Å². The fourth-order valence-electron chi connectivity index (χ4n) is 3.85. The molecule has 1 unspecified atom stereocenters. The van der Waals surface area contributed by atoms with Crippen molar-refractivity contribution in [1.29, 1.82) is 0 Å². The van der Waals surface area contributed by atoms with Crippen molar-refractivity contribution in [3.63, 3.8) is 0 Å². The summed E-state index contributed by atoms with van der Waals surface area (Å²) >= 11 is 1.35. The minimum absolute atomic E-state index is 0.175. The Morgan fingerprint density at radius 1 is 1.12 bits per heavy atom. The van der Waals surface area contributed by atoms with Crippen LogP contribution in [-0.4, -0.2) is 13.1 Å². The summed E-state index contributed by atoms with van der Waals surface area (Å²) in [6.45, 7) is 5.48. The molecule has 5 nitrogen and oxygen atoms in total. The number of halogens is 1. The summed E-state index contributed by atoms with van der Waals surface area (Å²) in [4.78, 5) is 26.2. The normalized spacial score (nSPS) is 12.0. The number of carbonyl (C=O) groups excluding carboxylic acids is 1. The standard InChI is InChI=1S/C25H22FNO4S/c1-13-21(28)24-23(31-22(13)16-9-5-7-11-18(16)26)20(15(3)32-24)14(2)27-19-12-8-6-10-17(19)25(29)30-4/h5-12,14,27H,1-4H3. The number of carbonyl (C=O) groups is 1. The molecule has 32 heavy (non-hydrogen) atoms. The first-order valence-corrected chi connectivity index (χ1v) is 10.9. The number of fused-ring (bicyclic) bond motifs is 1. The van der Waals surface area contributed by atoms with Crippen LogP contribution in [0.5, 0.6) is 0 Å². The molecule has 4 rings (SSSR count). The monoisotopic (exact) mass is 451 g/mol. The molecule has 2 aromatic heterocycles. The molecule has 2 heterocycles. The van der Waals surface area contributed by atoms with Crippen LogP contribution in [0.2, 0.25) is 0 Å². The van der Waals surface area contributed by atoms with Gasteiger partial charge in [0.05, 0.1) is 24.3 Å². The van der Waals surface area contributed by atoms with Gasteiger partial charge in [-0.25, -0.2) is 9.18 Å². The van der Waals surface area contributed by atoms with Gasteiger partial charge >= 0.3 is 5.97 Å². The Balaban J connectivity index is 1.86. The van der Waals surface area contributed by atoms with Gasteiger partial charge in [0.25, 0.3) is 0 Å². The third-order valence-corrected chi connectivity index (χ3v) is 6.53. The van der Waals surface area contributed by atoms with Crippen LogP contribution in [0.1, 0.15) is 39.3 Å². The van der Waals surface area contributed by atoms with Crippen molar-refractivity contribution in [3.05, 3.63) is 86.1 Å². The first kappa shape index (κ1) is 21.8. The van der Waals surface area contributed by atoms with Crippen LogP contribution in [0.4, 0.5) is 10.1 Å². The topological polar surface area (TPSA) is 68.5 Å².